The molecule has 0 heterocycles. The number of hydrogen-bond donors (Lipinski definition) is 2. The Morgan fingerprint density at radius 3 is 2.68 bits per heavy atom. The second kappa shape index (κ2) is 5.69. The van der Waals surface area contributed by atoms with Gasteiger partial charge in [-0.1, -0.05) is 17.7 Å². The molecule has 0 radical (unpaired) electrons. The van der Waals surface area contributed by atoms with Gasteiger partial charge in [-0.3, -0.25) is 4.72 Å². The zero-order chi connectivity index (χ0) is 14.0. The van der Waals surface area contributed by atoms with Crippen LogP contribution < -0.4 is 10.0 Å². The summed E-state index contributed by atoms with van der Waals surface area (Å²) < 4.78 is 26.9. The third-order valence-corrected chi connectivity index (χ3v) is 5.22. The lowest BCUT2D eigenvalue weighted by atomic mass is 10.2. The Balaban J connectivity index is 2.02. The molecule has 0 saturated heterocycles. The van der Waals surface area contributed by atoms with Crippen molar-refractivity contribution in [2.24, 2.45) is 0 Å². The molecule has 1 saturated carbocycles. The number of hydrogen-bond acceptors (Lipinski definition) is 3. The molecule has 1 aromatic carbocycles. The standard InChI is InChI=1S/C13H19ClN2O2S/c1-9-3-6-13(12(14)7-9)16-19(17,18)10(2)8-15-11-4-5-11/h3,6-7,10-11,15-16H,4-5,8H2,1-2H3. The predicted octanol–water partition coefficient (Wildman–Crippen LogP) is 2.53. The van der Waals surface area contributed by atoms with Crippen molar-refractivity contribution < 1.29 is 8.42 Å². The van der Waals surface area contributed by atoms with Crippen LogP contribution >= 0.6 is 11.6 Å². The third-order valence-electron chi connectivity index (χ3n) is 3.18. The maximum Gasteiger partial charge on any atom is 0.236 e. The summed E-state index contributed by atoms with van der Waals surface area (Å²) in [5.74, 6) is 0. The highest BCUT2D eigenvalue weighted by atomic mass is 35.5. The fraction of sp³-hybridized carbons (Fsp3) is 0.538. The molecular weight excluding hydrogens is 284 g/mol. The molecule has 1 atom stereocenters. The summed E-state index contributed by atoms with van der Waals surface area (Å²) in [4.78, 5) is 0. The van der Waals surface area contributed by atoms with E-state index in [1.807, 2.05) is 13.0 Å². The molecule has 2 rings (SSSR count). The second-order valence-electron chi connectivity index (χ2n) is 5.12. The zero-order valence-electron chi connectivity index (χ0n) is 11.1. The largest absolute Gasteiger partial charge is 0.313 e. The summed E-state index contributed by atoms with van der Waals surface area (Å²) >= 11 is 6.04. The lowest BCUT2D eigenvalue weighted by molar-refractivity contribution is 0.576. The molecule has 1 fully saturated rings. The van der Waals surface area contributed by atoms with Crippen molar-refractivity contribution in [3.63, 3.8) is 0 Å². The quantitative estimate of drug-likeness (QED) is 0.849. The Bertz CT molecular complexity index is 556. The highest BCUT2D eigenvalue weighted by Crippen LogP contribution is 2.24. The molecule has 1 unspecified atom stereocenters. The van der Waals surface area contributed by atoms with Crippen LogP contribution in [0.1, 0.15) is 25.3 Å². The van der Waals surface area contributed by atoms with E-state index in [0.717, 1.165) is 18.4 Å². The number of anilines is 1. The monoisotopic (exact) mass is 302 g/mol. The van der Waals surface area contributed by atoms with E-state index in [1.54, 1.807) is 19.1 Å². The number of halogens is 1. The van der Waals surface area contributed by atoms with Crippen LogP contribution in [-0.2, 0) is 10.0 Å². The summed E-state index contributed by atoms with van der Waals surface area (Å²) in [5, 5.41) is 3.15. The van der Waals surface area contributed by atoms with E-state index in [9.17, 15) is 8.42 Å². The Morgan fingerprint density at radius 1 is 1.42 bits per heavy atom. The lowest BCUT2D eigenvalue weighted by Gasteiger charge is -2.16. The lowest BCUT2D eigenvalue weighted by Crippen LogP contribution is -2.35. The van der Waals surface area contributed by atoms with Crippen LogP contribution in [0.25, 0.3) is 0 Å². The van der Waals surface area contributed by atoms with Gasteiger partial charge in [-0.2, -0.15) is 0 Å². The molecule has 1 aliphatic carbocycles. The minimum absolute atomic E-state index is 0.422. The second-order valence-corrected chi connectivity index (χ2v) is 7.63. The van der Waals surface area contributed by atoms with E-state index in [4.69, 9.17) is 11.6 Å². The molecule has 0 spiro atoms. The van der Waals surface area contributed by atoms with Crippen LogP contribution in [0.4, 0.5) is 5.69 Å². The van der Waals surface area contributed by atoms with Gasteiger partial charge < -0.3 is 5.32 Å². The summed E-state index contributed by atoms with van der Waals surface area (Å²) in [5.41, 5.74) is 1.43. The SMILES string of the molecule is Cc1ccc(NS(=O)(=O)C(C)CNC2CC2)c(Cl)c1. The zero-order valence-corrected chi connectivity index (χ0v) is 12.7. The van der Waals surface area contributed by atoms with Crippen LogP contribution in [0.2, 0.25) is 5.02 Å². The van der Waals surface area contributed by atoms with Gasteiger partial charge in [0.2, 0.25) is 10.0 Å². The van der Waals surface area contributed by atoms with Crippen molar-refractivity contribution >= 4 is 27.3 Å². The summed E-state index contributed by atoms with van der Waals surface area (Å²) in [6.45, 7) is 4.07. The van der Waals surface area contributed by atoms with Crippen molar-refractivity contribution in [2.75, 3.05) is 11.3 Å². The van der Waals surface area contributed by atoms with E-state index in [-0.39, 0.29) is 0 Å². The van der Waals surface area contributed by atoms with Crippen molar-refractivity contribution in [2.45, 2.75) is 38.0 Å². The van der Waals surface area contributed by atoms with Gasteiger partial charge in [0, 0.05) is 12.6 Å². The molecule has 106 valence electrons. The Morgan fingerprint density at radius 2 is 2.11 bits per heavy atom. The van der Waals surface area contributed by atoms with Crippen LogP contribution in [0, 0.1) is 6.92 Å². The first kappa shape index (κ1) is 14.6. The fourth-order valence-electron chi connectivity index (χ4n) is 1.69. The number of benzene rings is 1. The molecule has 6 heteroatoms. The molecule has 0 amide bonds. The average Bonchev–Trinajstić information content (AvgIpc) is 3.13. The van der Waals surface area contributed by atoms with E-state index >= 15 is 0 Å². The molecule has 4 nitrogen and oxygen atoms in total. The van der Waals surface area contributed by atoms with Gasteiger partial charge in [0.15, 0.2) is 0 Å². The first-order valence-electron chi connectivity index (χ1n) is 6.39. The van der Waals surface area contributed by atoms with Gasteiger partial charge in [-0.25, -0.2) is 8.42 Å². The van der Waals surface area contributed by atoms with Crippen LogP contribution in [0.15, 0.2) is 18.2 Å². The molecular formula is C13H19ClN2O2S. The van der Waals surface area contributed by atoms with Gasteiger partial charge in [-0.15, -0.1) is 0 Å². The van der Waals surface area contributed by atoms with Gasteiger partial charge in [0.25, 0.3) is 0 Å². The molecule has 0 bridgehead atoms. The Hall–Kier alpha value is -0.780. The van der Waals surface area contributed by atoms with Crippen LogP contribution in [-0.4, -0.2) is 26.3 Å². The van der Waals surface area contributed by atoms with E-state index < -0.39 is 15.3 Å². The van der Waals surface area contributed by atoms with Gasteiger partial charge >= 0.3 is 0 Å². The number of aryl methyl sites for hydroxylation is 1. The van der Waals surface area contributed by atoms with Gasteiger partial charge in [0.05, 0.1) is 16.0 Å². The smallest absolute Gasteiger partial charge is 0.236 e. The van der Waals surface area contributed by atoms with Crippen molar-refractivity contribution in [1.29, 1.82) is 0 Å². The molecule has 1 aromatic rings. The van der Waals surface area contributed by atoms with E-state index in [2.05, 4.69) is 10.0 Å². The fourth-order valence-corrected chi connectivity index (χ4v) is 3.03. The normalized spacial score (nSPS) is 17.2. The summed E-state index contributed by atoms with van der Waals surface area (Å²) in [7, 11) is -3.41. The first-order chi connectivity index (χ1) is 8.88. The van der Waals surface area contributed by atoms with E-state index in [0.29, 0.717) is 23.3 Å². The van der Waals surface area contributed by atoms with Crippen LogP contribution in [0.3, 0.4) is 0 Å². The molecule has 0 aliphatic heterocycles. The predicted molar refractivity (Wildman–Crippen MR) is 79.2 cm³/mol. The molecule has 1 aliphatic rings. The third kappa shape index (κ3) is 4.09. The number of rotatable bonds is 6. The Kier molecular flexibility index (Phi) is 4.38. The van der Waals surface area contributed by atoms with Crippen molar-refractivity contribution in [3.05, 3.63) is 28.8 Å². The van der Waals surface area contributed by atoms with Gasteiger partial charge in [-0.05, 0) is 44.4 Å². The number of sulfonamides is 1. The maximum absolute atomic E-state index is 12.2. The Labute approximate surface area is 119 Å². The van der Waals surface area contributed by atoms with Crippen LogP contribution in [0.5, 0.6) is 0 Å². The average molecular weight is 303 g/mol. The topological polar surface area (TPSA) is 58.2 Å². The van der Waals surface area contributed by atoms with Gasteiger partial charge in [0.1, 0.15) is 0 Å². The molecule has 0 aromatic heterocycles. The number of nitrogens with one attached hydrogen (secondary N) is 2. The van der Waals surface area contributed by atoms with Crippen molar-refractivity contribution in [3.8, 4) is 0 Å². The minimum atomic E-state index is -3.41. The summed E-state index contributed by atoms with van der Waals surface area (Å²) in [6.07, 6.45) is 2.29. The summed E-state index contributed by atoms with van der Waals surface area (Å²) in [6, 6.07) is 5.76. The maximum atomic E-state index is 12.2. The minimum Gasteiger partial charge on any atom is -0.313 e. The van der Waals surface area contributed by atoms with E-state index in [1.165, 1.54) is 0 Å². The highest BCUT2D eigenvalue weighted by molar-refractivity contribution is 7.93. The first-order valence-corrected chi connectivity index (χ1v) is 8.32. The molecule has 2 N–H and O–H groups in total. The molecule has 19 heavy (non-hydrogen) atoms. The highest BCUT2D eigenvalue weighted by Gasteiger charge is 2.26. The van der Waals surface area contributed by atoms with Crippen molar-refractivity contribution in [1.82, 2.24) is 5.32 Å².